The van der Waals surface area contributed by atoms with Crippen LogP contribution in [0.4, 0.5) is 20.4 Å². The third kappa shape index (κ3) is 11.7. The van der Waals surface area contributed by atoms with Crippen molar-refractivity contribution in [2.75, 3.05) is 44.6 Å². The third-order valence-electron chi connectivity index (χ3n) is 13.9. The summed E-state index contributed by atoms with van der Waals surface area (Å²) in [5, 5.41) is 22.3. The van der Waals surface area contributed by atoms with E-state index in [2.05, 4.69) is 41.0 Å². The first-order valence-electron chi connectivity index (χ1n) is 25.3. The van der Waals surface area contributed by atoms with Crippen molar-refractivity contribution in [1.82, 2.24) is 51.0 Å². The summed E-state index contributed by atoms with van der Waals surface area (Å²) in [6, 6.07) is 27.8. The van der Waals surface area contributed by atoms with Gasteiger partial charge in [0.05, 0.1) is 70.1 Å². The van der Waals surface area contributed by atoms with E-state index in [0.29, 0.717) is 78.1 Å². The lowest BCUT2D eigenvalue weighted by Crippen LogP contribution is -2.28. The molecule has 0 spiro atoms. The van der Waals surface area contributed by atoms with Gasteiger partial charge in [0.2, 0.25) is 11.8 Å². The lowest BCUT2D eigenvalue weighted by Gasteiger charge is -2.17. The Morgan fingerprint density at radius 2 is 1.09 bits per heavy atom. The second-order valence-corrected chi connectivity index (χ2v) is 23.9. The summed E-state index contributed by atoms with van der Waals surface area (Å²) in [5.74, 6) is 0.623. The number of benzene rings is 4. The predicted octanol–water partition coefficient (Wildman–Crippen LogP) is 7.74. The van der Waals surface area contributed by atoms with Crippen LogP contribution in [0.25, 0.3) is 68.6 Å². The minimum Gasteiger partial charge on any atom is -0.414 e. The highest BCUT2D eigenvalue weighted by molar-refractivity contribution is 7.92. The lowest BCUT2D eigenvalue weighted by atomic mass is 10.0. The average molecular weight is 1100 g/mol. The van der Waals surface area contributed by atoms with Gasteiger partial charge in [-0.15, -0.1) is 20.4 Å². The minimum atomic E-state index is -3.81. The van der Waals surface area contributed by atoms with Gasteiger partial charge in [-0.05, 0) is 99.2 Å². The molecule has 2 fully saturated rings. The number of hydrogen-bond acceptors (Lipinski definition) is 20. The van der Waals surface area contributed by atoms with Gasteiger partial charge in [0.25, 0.3) is 11.8 Å². The molecule has 78 heavy (non-hydrogen) atoms. The number of aromatic nitrogens is 8. The summed E-state index contributed by atoms with van der Waals surface area (Å²) in [4.78, 5) is 18.8. The Balaban J connectivity index is 0.822. The molecular formula is C54H56F2N12O8S2. The first-order chi connectivity index (χ1) is 37.7. The molecule has 2 saturated heterocycles. The van der Waals surface area contributed by atoms with Crippen LogP contribution in [0.15, 0.2) is 122 Å². The molecule has 406 valence electrons. The molecule has 24 heteroatoms. The smallest absolute Gasteiger partial charge is 0.270 e. The van der Waals surface area contributed by atoms with Gasteiger partial charge in [0.1, 0.15) is 6.10 Å². The topological polar surface area (TPSA) is 292 Å². The van der Waals surface area contributed by atoms with Gasteiger partial charge in [0.15, 0.2) is 42.7 Å². The maximum absolute atomic E-state index is 13.3. The molecule has 0 bridgehead atoms. The van der Waals surface area contributed by atoms with Crippen molar-refractivity contribution in [3.05, 3.63) is 120 Å². The number of rotatable bonds is 21. The molecule has 8 aromatic rings. The highest BCUT2D eigenvalue weighted by atomic mass is 32.2. The maximum atomic E-state index is 13.3. The number of nitrogens with two attached hydrogens (primary N) is 2. The number of sulfone groups is 2. The summed E-state index contributed by atoms with van der Waals surface area (Å²) in [5.41, 5.74) is 18.8. The highest BCUT2D eigenvalue weighted by Gasteiger charge is 2.33. The molecule has 3 unspecified atom stereocenters. The highest BCUT2D eigenvalue weighted by Crippen LogP contribution is 2.38. The molecule has 0 saturated carbocycles. The maximum Gasteiger partial charge on any atom is 0.270 e. The molecule has 4 aromatic carbocycles. The van der Waals surface area contributed by atoms with Crippen molar-refractivity contribution in [2.24, 2.45) is 0 Å². The van der Waals surface area contributed by atoms with Crippen LogP contribution in [0, 0.1) is 0 Å². The van der Waals surface area contributed by atoms with Crippen LogP contribution >= 0.6 is 0 Å². The van der Waals surface area contributed by atoms with Crippen LogP contribution < -0.4 is 22.1 Å². The molecule has 0 radical (unpaired) electrons. The Labute approximate surface area is 448 Å². The molecule has 6 N–H and O–H groups in total. The Kier molecular flexibility index (Phi) is 16.1. The Bertz CT molecular complexity index is 3600. The summed E-state index contributed by atoms with van der Waals surface area (Å²) in [6.07, 6.45) is 2.13. The second-order valence-electron chi connectivity index (χ2n) is 19.2. The van der Waals surface area contributed by atoms with Gasteiger partial charge in [-0.2, -0.15) is 0 Å². The number of nitrogens with one attached hydrogen (secondary N) is 2. The van der Waals surface area contributed by atoms with E-state index in [1.54, 1.807) is 24.3 Å². The van der Waals surface area contributed by atoms with Crippen molar-refractivity contribution >= 4 is 31.3 Å². The van der Waals surface area contributed by atoms with Gasteiger partial charge in [-0.3, -0.25) is 8.78 Å². The predicted molar refractivity (Wildman–Crippen MR) is 286 cm³/mol. The molecule has 2 aliphatic heterocycles. The van der Waals surface area contributed by atoms with Crippen molar-refractivity contribution in [2.45, 2.75) is 91.1 Å². The fraction of sp³-hybridized carbons (Fsp3) is 0.333. The standard InChI is InChI=1S/C54H56F2N12O8S2/c1-31(19-22-55)77(69,70)41-15-11-35(12-16-41)43-28-61-49(57)47(62-43)53-67-65-51(75-53)37-9-5-34(6-10-37)27-60-40-25-44(74-30-40)46-45(36-13-17-42(18-14-36)78(71,72)32(2)20-23-56)63-48(50(58)64-46)54-68-66-52(76-54)38-7-3-33(4-8-38)26-59-39-21-24-73-29-39/h3-18,28,31-32,39-40,44,59-60H,19-27,29-30H2,1-2H3,(H2,57,61)(H2,58,64)/t31?,32?,39-,40+,44?/m0/s1. The second kappa shape index (κ2) is 23.2. The summed E-state index contributed by atoms with van der Waals surface area (Å²) in [6.45, 7) is 4.43. The fourth-order valence-corrected chi connectivity index (χ4v) is 11.8. The molecular weight excluding hydrogens is 1050 g/mol. The van der Waals surface area contributed by atoms with Crippen molar-refractivity contribution in [1.29, 1.82) is 0 Å². The molecule has 5 atom stereocenters. The zero-order chi connectivity index (χ0) is 54.6. The van der Waals surface area contributed by atoms with Crippen LogP contribution in [-0.4, -0.2) is 113 Å². The number of anilines is 2. The minimum absolute atomic E-state index is 0.0274. The van der Waals surface area contributed by atoms with Crippen LogP contribution in [0.1, 0.15) is 62.5 Å². The van der Waals surface area contributed by atoms with E-state index >= 15 is 0 Å². The van der Waals surface area contributed by atoms with E-state index in [0.717, 1.165) is 24.2 Å². The molecule has 20 nitrogen and oxygen atoms in total. The number of nitrogens with zero attached hydrogens (tertiary/aromatic N) is 8. The number of hydrogen-bond donors (Lipinski definition) is 4. The van der Waals surface area contributed by atoms with E-state index in [9.17, 15) is 25.6 Å². The first-order valence-corrected chi connectivity index (χ1v) is 28.4. The van der Waals surface area contributed by atoms with E-state index in [1.807, 2.05) is 48.5 Å². The molecule has 0 aliphatic carbocycles. The van der Waals surface area contributed by atoms with Crippen molar-refractivity contribution < 1.29 is 43.9 Å². The number of alkyl halides is 2. The zero-order valence-electron chi connectivity index (χ0n) is 42.6. The van der Waals surface area contributed by atoms with Gasteiger partial charge in [0, 0.05) is 54.0 Å². The van der Waals surface area contributed by atoms with Gasteiger partial charge in [-0.1, -0.05) is 48.5 Å². The Morgan fingerprint density at radius 3 is 1.62 bits per heavy atom. The number of nitrogen functional groups attached to an aromatic ring is 2. The van der Waals surface area contributed by atoms with Gasteiger partial charge in [-0.25, -0.2) is 36.8 Å². The Hall–Kier alpha value is -7.48. The van der Waals surface area contributed by atoms with E-state index in [1.165, 1.54) is 44.3 Å². The molecule has 4 aromatic heterocycles. The number of ether oxygens (including phenoxy) is 2. The van der Waals surface area contributed by atoms with Crippen LogP contribution in [0.2, 0.25) is 0 Å². The number of halogens is 2. The third-order valence-corrected chi connectivity index (χ3v) is 18.3. The normalized spacial score (nSPS) is 17.6. The van der Waals surface area contributed by atoms with E-state index < -0.39 is 49.6 Å². The molecule has 6 heterocycles. The zero-order valence-corrected chi connectivity index (χ0v) is 44.2. The fourth-order valence-electron chi connectivity index (χ4n) is 9.03. The average Bonchev–Trinajstić information content (AvgIpc) is 4.39. The largest absolute Gasteiger partial charge is 0.414 e. The Morgan fingerprint density at radius 1 is 0.590 bits per heavy atom. The SMILES string of the molecule is CC(CCF)S(=O)(=O)c1ccc(-c2cnc(N)c(-c3nnc(-c4ccc(CN[C@H]5COC(c6nc(N)c(-c7nnc(-c8ccc(CN[C@H]9CCOC9)cc8)o7)nc6-c6ccc(S(=O)(=O)C(C)CCF)cc6)C5)cc4)o3)n2)cc1. The monoisotopic (exact) mass is 1100 g/mol. The van der Waals surface area contributed by atoms with Crippen molar-refractivity contribution in [3.8, 4) is 68.6 Å². The van der Waals surface area contributed by atoms with E-state index in [-0.39, 0.29) is 75.3 Å². The first kappa shape index (κ1) is 53.9. The van der Waals surface area contributed by atoms with E-state index in [4.69, 9.17) is 39.7 Å². The quantitative estimate of drug-likeness (QED) is 0.0535. The van der Waals surface area contributed by atoms with Crippen molar-refractivity contribution in [3.63, 3.8) is 0 Å². The van der Waals surface area contributed by atoms with Crippen LogP contribution in [0.5, 0.6) is 0 Å². The van der Waals surface area contributed by atoms with Crippen LogP contribution in [0.3, 0.4) is 0 Å². The summed E-state index contributed by atoms with van der Waals surface area (Å²) < 4.78 is 102. The summed E-state index contributed by atoms with van der Waals surface area (Å²) in [7, 11) is -7.52. The molecule has 2 aliphatic rings. The molecule has 0 amide bonds. The molecule has 10 rings (SSSR count). The van der Waals surface area contributed by atoms with Crippen LogP contribution in [-0.2, 0) is 42.2 Å². The lowest BCUT2D eigenvalue weighted by molar-refractivity contribution is 0.106. The summed E-state index contributed by atoms with van der Waals surface area (Å²) >= 11 is 0. The van der Waals surface area contributed by atoms with Gasteiger partial charge < -0.3 is 40.4 Å². The van der Waals surface area contributed by atoms with Gasteiger partial charge >= 0.3 is 0 Å².